The Labute approximate surface area is 150 Å². The second-order valence-corrected chi connectivity index (χ2v) is 7.22. The Kier molecular flexibility index (Phi) is 6.31. The van der Waals surface area contributed by atoms with Crippen LogP contribution in [-0.2, 0) is 17.6 Å². The molecule has 0 heterocycles. The van der Waals surface area contributed by atoms with Crippen LogP contribution in [0.5, 0.6) is 0 Å². The van der Waals surface area contributed by atoms with E-state index in [1.165, 1.54) is 36.8 Å². The number of hydrogen-bond donors (Lipinski definition) is 3. The van der Waals surface area contributed by atoms with Crippen LogP contribution >= 0.6 is 0 Å². The number of anilines is 1. The van der Waals surface area contributed by atoms with E-state index in [1.54, 1.807) is 0 Å². The number of nitrogens with one attached hydrogen (secondary N) is 3. The second-order valence-electron chi connectivity index (χ2n) is 7.22. The highest BCUT2D eigenvalue weighted by Crippen LogP contribution is 2.25. The SMILES string of the molecule is O=C(CCCNC(=O)NC1CCCCC1)Nc1ccc2c(c1)CCC2. The van der Waals surface area contributed by atoms with Crippen LogP contribution in [0.2, 0.25) is 0 Å². The van der Waals surface area contributed by atoms with Crippen LogP contribution in [0.1, 0.15) is 62.5 Å². The number of fused-ring (bicyclic) bond motifs is 1. The Morgan fingerprint density at radius 3 is 2.64 bits per heavy atom. The van der Waals surface area contributed by atoms with Crippen molar-refractivity contribution in [3.05, 3.63) is 29.3 Å². The Morgan fingerprint density at radius 2 is 1.80 bits per heavy atom. The van der Waals surface area contributed by atoms with Gasteiger partial charge in [-0.1, -0.05) is 25.3 Å². The molecule has 136 valence electrons. The molecule has 0 radical (unpaired) electrons. The molecule has 0 saturated heterocycles. The third kappa shape index (κ3) is 5.48. The Hall–Kier alpha value is -2.04. The average Bonchev–Trinajstić information content (AvgIpc) is 3.07. The number of carbonyl (C=O) groups excluding carboxylic acids is 2. The van der Waals surface area contributed by atoms with Crippen LogP contribution in [-0.4, -0.2) is 24.5 Å². The molecule has 0 unspecified atom stereocenters. The number of benzene rings is 1. The summed E-state index contributed by atoms with van der Waals surface area (Å²) < 4.78 is 0. The van der Waals surface area contributed by atoms with Crippen molar-refractivity contribution < 1.29 is 9.59 Å². The third-order valence-corrected chi connectivity index (χ3v) is 5.19. The predicted molar refractivity (Wildman–Crippen MR) is 99.7 cm³/mol. The molecule has 2 aliphatic rings. The van der Waals surface area contributed by atoms with E-state index in [4.69, 9.17) is 0 Å². The molecule has 1 saturated carbocycles. The van der Waals surface area contributed by atoms with E-state index in [0.29, 0.717) is 25.4 Å². The molecule has 25 heavy (non-hydrogen) atoms. The molecule has 0 spiro atoms. The summed E-state index contributed by atoms with van der Waals surface area (Å²) >= 11 is 0. The van der Waals surface area contributed by atoms with Crippen molar-refractivity contribution in [1.82, 2.24) is 10.6 Å². The van der Waals surface area contributed by atoms with Crippen molar-refractivity contribution in [2.75, 3.05) is 11.9 Å². The molecule has 3 N–H and O–H groups in total. The fraction of sp³-hybridized carbons (Fsp3) is 0.600. The van der Waals surface area contributed by atoms with Crippen molar-refractivity contribution in [2.45, 2.75) is 70.3 Å². The summed E-state index contributed by atoms with van der Waals surface area (Å²) in [6.45, 7) is 0.524. The Morgan fingerprint density at radius 1 is 1.00 bits per heavy atom. The summed E-state index contributed by atoms with van der Waals surface area (Å²) in [5.41, 5.74) is 3.65. The summed E-state index contributed by atoms with van der Waals surface area (Å²) in [6.07, 6.45) is 10.4. The number of hydrogen-bond acceptors (Lipinski definition) is 2. The van der Waals surface area contributed by atoms with Crippen molar-refractivity contribution in [1.29, 1.82) is 0 Å². The standard InChI is InChI=1S/C20H29N3O2/c24-19(22-18-12-11-15-6-4-7-16(15)14-18)10-5-13-21-20(25)23-17-8-2-1-3-9-17/h11-12,14,17H,1-10,13H2,(H,22,24)(H2,21,23,25). The largest absolute Gasteiger partial charge is 0.338 e. The van der Waals surface area contributed by atoms with Gasteiger partial charge in [0.2, 0.25) is 5.91 Å². The van der Waals surface area contributed by atoms with E-state index in [1.807, 2.05) is 6.07 Å². The summed E-state index contributed by atoms with van der Waals surface area (Å²) in [4.78, 5) is 23.9. The van der Waals surface area contributed by atoms with Crippen LogP contribution in [0.3, 0.4) is 0 Å². The minimum Gasteiger partial charge on any atom is -0.338 e. The quantitative estimate of drug-likeness (QED) is 0.692. The third-order valence-electron chi connectivity index (χ3n) is 5.19. The molecule has 1 aromatic rings. The van der Waals surface area contributed by atoms with Gasteiger partial charge >= 0.3 is 6.03 Å². The van der Waals surface area contributed by atoms with E-state index in [9.17, 15) is 9.59 Å². The lowest BCUT2D eigenvalue weighted by Crippen LogP contribution is -2.43. The van der Waals surface area contributed by atoms with Gasteiger partial charge in [0.15, 0.2) is 0 Å². The topological polar surface area (TPSA) is 70.2 Å². The second kappa shape index (κ2) is 8.88. The highest BCUT2D eigenvalue weighted by molar-refractivity contribution is 5.90. The van der Waals surface area contributed by atoms with Gasteiger partial charge in [-0.25, -0.2) is 4.79 Å². The highest BCUT2D eigenvalue weighted by atomic mass is 16.2. The fourth-order valence-corrected chi connectivity index (χ4v) is 3.81. The van der Waals surface area contributed by atoms with E-state index in [-0.39, 0.29) is 11.9 Å². The molecular formula is C20H29N3O2. The average molecular weight is 343 g/mol. The van der Waals surface area contributed by atoms with Gasteiger partial charge in [-0.3, -0.25) is 4.79 Å². The number of urea groups is 1. The molecule has 2 aliphatic carbocycles. The summed E-state index contributed by atoms with van der Waals surface area (Å²) in [5.74, 6) is 0.00688. The molecule has 1 aromatic carbocycles. The molecule has 5 heteroatoms. The van der Waals surface area contributed by atoms with Crippen molar-refractivity contribution in [3.63, 3.8) is 0 Å². The van der Waals surface area contributed by atoms with E-state index < -0.39 is 0 Å². The number of rotatable bonds is 6. The van der Waals surface area contributed by atoms with Gasteiger partial charge < -0.3 is 16.0 Å². The lowest BCUT2D eigenvalue weighted by Gasteiger charge is -2.22. The predicted octanol–water partition coefficient (Wildman–Crippen LogP) is 3.53. The Bertz CT molecular complexity index is 609. The molecule has 0 bridgehead atoms. The molecule has 5 nitrogen and oxygen atoms in total. The van der Waals surface area contributed by atoms with Crippen molar-refractivity contribution in [3.8, 4) is 0 Å². The van der Waals surface area contributed by atoms with Crippen molar-refractivity contribution in [2.24, 2.45) is 0 Å². The van der Waals surface area contributed by atoms with Gasteiger partial charge in [-0.15, -0.1) is 0 Å². The minimum atomic E-state index is -0.106. The Balaban J connectivity index is 1.30. The monoisotopic (exact) mass is 343 g/mol. The van der Waals surface area contributed by atoms with E-state index >= 15 is 0 Å². The first-order valence-electron chi connectivity index (χ1n) is 9.67. The van der Waals surface area contributed by atoms with Crippen LogP contribution in [0.15, 0.2) is 18.2 Å². The van der Waals surface area contributed by atoms with Gasteiger partial charge in [0.1, 0.15) is 0 Å². The first kappa shape index (κ1) is 17.8. The van der Waals surface area contributed by atoms with Crippen LogP contribution in [0, 0.1) is 0 Å². The molecule has 0 aromatic heterocycles. The van der Waals surface area contributed by atoms with Crippen molar-refractivity contribution >= 4 is 17.6 Å². The van der Waals surface area contributed by atoms with Gasteiger partial charge in [0.25, 0.3) is 0 Å². The lowest BCUT2D eigenvalue weighted by atomic mass is 9.96. The lowest BCUT2D eigenvalue weighted by molar-refractivity contribution is -0.116. The number of amides is 3. The van der Waals surface area contributed by atoms with Gasteiger partial charge in [0.05, 0.1) is 0 Å². The van der Waals surface area contributed by atoms with Crippen LogP contribution < -0.4 is 16.0 Å². The molecular weight excluding hydrogens is 314 g/mol. The first-order valence-corrected chi connectivity index (χ1v) is 9.67. The highest BCUT2D eigenvalue weighted by Gasteiger charge is 2.15. The zero-order valence-electron chi connectivity index (χ0n) is 14.9. The maximum absolute atomic E-state index is 12.0. The zero-order valence-corrected chi connectivity index (χ0v) is 14.9. The summed E-state index contributed by atoms with van der Waals surface area (Å²) in [5, 5.41) is 8.83. The van der Waals surface area contributed by atoms with E-state index in [2.05, 4.69) is 28.1 Å². The molecule has 0 aliphatic heterocycles. The van der Waals surface area contributed by atoms with Crippen LogP contribution in [0.4, 0.5) is 10.5 Å². The summed E-state index contributed by atoms with van der Waals surface area (Å²) in [6, 6.07) is 6.41. The smallest absolute Gasteiger partial charge is 0.315 e. The summed E-state index contributed by atoms with van der Waals surface area (Å²) in [7, 11) is 0. The van der Waals surface area contributed by atoms with E-state index in [0.717, 1.165) is 31.4 Å². The minimum absolute atomic E-state index is 0.00688. The molecule has 1 fully saturated rings. The first-order chi connectivity index (χ1) is 12.2. The van der Waals surface area contributed by atoms with Gasteiger partial charge in [-0.2, -0.15) is 0 Å². The molecule has 3 rings (SSSR count). The maximum Gasteiger partial charge on any atom is 0.315 e. The molecule has 0 atom stereocenters. The van der Waals surface area contributed by atoms with Crippen LogP contribution in [0.25, 0.3) is 0 Å². The fourth-order valence-electron chi connectivity index (χ4n) is 3.81. The van der Waals surface area contributed by atoms with Gasteiger partial charge in [-0.05, 0) is 61.8 Å². The number of aryl methyl sites for hydroxylation is 2. The number of carbonyl (C=O) groups is 2. The zero-order chi connectivity index (χ0) is 17.5. The maximum atomic E-state index is 12.0. The normalized spacial score (nSPS) is 17.0. The van der Waals surface area contributed by atoms with Gasteiger partial charge in [0, 0.05) is 24.7 Å². The molecule has 3 amide bonds.